The predicted octanol–water partition coefficient (Wildman–Crippen LogP) is 4.30. The molecule has 1 aromatic heterocycles. The summed E-state index contributed by atoms with van der Waals surface area (Å²) in [4.78, 5) is 17.1. The number of amides is 1. The minimum absolute atomic E-state index is 0.0497. The Bertz CT molecular complexity index is 1020. The third-order valence-corrected chi connectivity index (χ3v) is 7.82. The number of rotatable bonds is 8. The summed E-state index contributed by atoms with van der Waals surface area (Å²) in [5.74, 6) is 0.775. The number of piperazine rings is 1. The number of carbonyl (C=O) groups is 1. The van der Waals surface area contributed by atoms with Crippen LogP contribution in [0.1, 0.15) is 43.5 Å². The quantitative estimate of drug-likeness (QED) is 0.548. The molecule has 1 aromatic rings. The Hall–Kier alpha value is -2.03. The lowest BCUT2D eigenvalue weighted by Crippen LogP contribution is -2.49. The predicted molar refractivity (Wildman–Crippen MR) is 136 cm³/mol. The average molecular weight is 526 g/mol. The molecule has 0 radical (unpaired) electrons. The van der Waals surface area contributed by atoms with Crippen LogP contribution in [-0.4, -0.2) is 71.4 Å². The Balaban J connectivity index is 1.44. The highest BCUT2D eigenvalue weighted by atomic mass is 35.5. The highest BCUT2D eigenvalue weighted by Crippen LogP contribution is 2.28. The molecule has 0 aromatic carbocycles. The van der Waals surface area contributed by atoms with Crippen molar-refractivity contribution in [2.24, 2.45) is 0 Å². The van der Waals surface area contributed by atoms with E-state index in [0.717, 1.165) is 28.6 Å². The molecular formula is C25H34Cl2FN5O2. The zero-order chi connectivity index (χ0) is 24.9. The molecule has 2 fully saturated rings. The molecule has 0 atom stereocenters. The SMILES string of the molecule is COC1=CC(N2CCN(C(=O)Cn3nc(CF)c(Cl)c3C)CC2)=C(CNC2CCCC2)C=C(Cl)C1. The number of hydrogen-bond donors (Lipinski definition) is 1. The fourth-order valence-corrected chi connectivity index (χ4v) is 5.43. The molecule has 2 heterocycles. The topological polar surface area (TPSA) is 62.6 Å². The molecule has 7 nitrogen and oxygen atoms in total. The van der Waals surface area contributed by atoms with Gasteiger partial charge in [-0.05, 0) is 37.5 Å². The van der Waals surface area contributed by atoms with Crippen LogP contribution in [0.15, 0.2) is 34.2 Å². The Labute approximate surface area is 216 Å². The second kappa shape index (κ2) is 11.8. The van der Waals surface area contributed by atoms with Crippen LogP contribution in [0.3, 0.4) is 0 Å². The molecule has 192 valence electrons. The van der Waals surface area contributed by atoms with E-state index in [-0.39, 0.29) is 23.2 Å². The van der Waals surface area contributed by atoms with E-state index in [1.54, 1.807) is 14.0 Å². The molecule has 1 N–H and O–H groups in total. The van der Waals surface area contributed by atoms with Gasteiger partial charge in [0.2, 0.25) is 5.91 Å². The van der Waals surface area contributed by atoms with Gasteiger partial charge in [-0.2, -0.15) is 5.10 Å². The van der Waals surface area contributed by atoms with E-state index >= 15 is 0 Å². The summed E-state index contributed by atoms with van der Waals surface area (Å²) in [6.45, 7) is 4.37. The lowest BCUT2D eigenvalue weighted by Gasteiger charge is -2.37. The first-order chi connectivity index (χ1) is 16.9. The van der Waals surface area contributed by atoms with Crippen molar-refractivity contribution < 1.29 is 13.9 Å². The van der Waals surface area contributed by atoms with Crippen molar-refractivity contribution in [3.05, 3.63) is 50.6 Å². The summed E-state index contributed by atoms with van der Waals surface area (Å²) in [6, 6.07) is 0.552. The van der Waals surface area contributed by atoms with Crippen molar-refractivity contribution >= 4 is 29.1 Å². The molecule has 4 rings (SSSR count). The van der Waals surface area contributed by atoms with Crippen LogP contribution in [0, 0.1) is 6.92 Å². The smallest absolute Gasteiger partial charge is 0.244 e. The summed E-state index contributed by atoms with van der Waals surface area (Å²) in [5.41, 5.74) is 3.02. The number of methoxy groups -OCH3 is 1. The van der Waals surface area contributed by atoms with Gasteiger partial charge in [0.25, 0.3) is 0 Å². The Morgan fingerprint density at radius 2 is 1.91 bits per heavy atom. The lowest BCUT2D eigenvalue weighted by atomic mass is 10.1. The average Bonchev–Trinajstić information content (AvgIpc) is 3.43. The number of allylic oxidation sites excluding steroid dienone is 2. The fraction of sp³-hybridized carbons (Fsp3) is 0.600. The molecule has 3 aliphatic rings. The van der Waals surface area contributed by atoms with Gasteiger partial charge >= 0.3 is 0 Å². The van der Waals surface area contributed by atoms with Crippen LogP contribution < -0.4 is 5.32 Å². The van der Waals surface area contributed by atoms with E-state index in [2.05, 4.69) is 27.5 Å². The van der Waals surface area contributed by atoms with Crippen molar-refractivity contribution in [3.8, 4) is 0 Å². The molecule has 0 unspecified atom stereocenters. The van der Waals surface area contributed by atoms with Gasteiger partial charge in [0.1, 0.15) is 24.7 Å². The van der Waals surface area contributed by atoms with Crippen molar-refractivity contribution in [2.45, 2.75) is 58.3 Å². The van der Waals surface area contributed by atoms with E-state index in [9.17, 15) is 9.18 Å². The molecule has 0 bridgehead atoms. The first-order valence-electron chi connectivity index (χ1n) is 12.3. The van der Waals surface area contributed by atoms with Gasteiger partial charge in [-0.1, -0.05) is 36.0 Å². The number of hydrogen-bond acceptors (Lipinski definition) is 5. The van der Waals surface area contributed by atoms with Crippen LogP contribution in [0.2, 0.25) is 5.02 Å². The number of alkyl halides is 1. The first-order valence-corrected chi connectivity index (χ1v) is 13.0. The molecule has 2 aliphatic carbocycles. The number of halogens is 3. The fourth-order valence-electron chi connectivity index (χ4n) is 4.98. The van der Waals surface area contributed by atoms with Crippen LogP contribution >= 0.6 is 23.2 Å². The molecular weight excluding hydrogens is 492 g/mol. The monoisotopic (exact) mass is 525 g/mol. The minimum atomic E-state index is -0.748. The lowest BCUT2D eigenvalue weighted by molar-refractivity contribution is -0.133. The summed E-state index contributed by atoms with van der Waals surface area (Å²) >= 11 is 12.7. The standard InChI is InChI=1S/C25H34Cl2FN5O2/c1-17-25(27)22(14-28)30-33(17)16-24(34)32-9-7-31(8-10-32)23-13-21(35-2)12-19(26)11-18(23)15-29-20-5-3-4-6-20/h11,13,20,29H,3-10,12,14-16H2,1-2H3. The maximum absolute atomic E-state index is 13.1. The molecule has 1 amide bonds. The van der Waals surface area contributed by atoms with Gasteiger partial charge in [0, 0.05) is 55.9 Å². The van der Waals surface area contributed by atoms with Gasteiger partial charge in [-0.15, -0.1) is 0 Å². The zero-order valence-corrected chi connectivity index (χ0v) is 22.0. The normalized spacial score (nSPS) is 19.7. The van der Waals surface area contributed by atoms with Gasteiger partial charge in [-0.25, -0.2) is 4.39 Å². The second-order valence-electron chi connectivity index (χ2n) is 9.36. The Kier molecular flexibility index (Phi) is 8.78. The number of aromatic nitrogens is 2. The summed E-state index contributed by atoms with van der Waals surface area (Å²) < 4.78 is 20.2. The van der Waals surface area contributed by atoms with E-state index in [0.29, 0.717) is 44.3 Å². The highest BCUT2D eigenvalue weighted by molar-refractivity contribution is 6.31. The summed E-state index contributed by atoms with van der Waals surface area (Å²) in [7, 11) is 1.67. The third-order valence-electron chi connectivity index (χ3n) is 7.08. The number of carbonyl (C=O) groups excluding carboxylic acids is 1. The Morgan fingerprint density at radius 3 is 2.54 bits per heavy atom. The van der Waals surface area contributed by atoms with E-state index in [1.165, 1.54) is 30.4 Å². The summed E-state index contributed by atoms with van der Waals surface area (Å²) in [5, 5.41) is 8.89. The van der Waals surface area contributed by atoms with Gasteiger partial charge in [0.15, 0.2) is 0 Å². The van der Waals surface area contributed by atoms with E-state index in [4.69, 9.17) is 27.9 Å². The minimum Gasteiger partial charge on any atom is -0.501 e. The van der Waals surface area contributed by atoms with Crippen LogP contribution in [-0.2, 0) is 22.8 Å². The van der Waals surface area contributed by atoms with Crippen LogP contribution in [0.4, 0.5) is 4.39 Å². The van der Waals surface area contributed by atoms with E-state index in [1.807, 2.05) is 4.90 Å². The number of ether oxygens (including phenoxy) is 1. The summed E-state index contributed by atoms with van der Waals surface area (Å²) in [6.07, 6.45) is 9.71. The zero-order valence-electron chi connectivity index (χ0n) is 20.5. The number of nitrogens with one attached hydrogen (secondary N) is 1. The maximum Gasteiger partial charge on any atom is 0.244 e. The van der Waals surface area contributed by atoms with Crippen molar-refractivity contribution in [1.82, 2.24) is 24.9 Å². The molecule has 10 heteroatoms. The van der Waals surface area contributed by atoms with Crippen LogP contribution in [0.25, 0.3) is 0 Å². The van der Waals surface area contributed by atoms with Crippen molar-refractivity contribution in [2.75, 3.05) is 39.8 Å². The number of nitrogens with zero attached hydrogens (tertiary/aromatic N) is 4. The molecule has 1 saturated heterocycles. The van der Waals surface area contributed by atoms with Crippen molar-refractivity contribution in [3.63, 3.8) is 0 Å². The Morgan fingerprint density at radius 1 is 1.20 bits per heavy atom. The van der Waals surface area contributed by atoms with Crippen LogP contribution in [0.5, 0.6) is 0 Å². The molecule has 35 heavy (non-hydrogen) atoms. The molecule has 1 saturated carbocycles. The second-order valence-corrected chi connectivity index (χ2v) is 10.2. The first kappa shape index (κ1) is 26.0. The van der Waals surface area contributed by atoms with E-state index < -0.39 is 6.67 Å². The highest BCUT2D eigenvalue weighted by Gasteiger charge is 2.26. The van der Waals surface area contributed by atoms with Gasteiger partial charge in [-0.3, -0.25) is 9.48 Å². The van der Waals surface area contributed by atoms with Gasteiger partial charge in [0.05, 0.1) is 17.8 Å². The third kappa shape index (κ3) is 6.22. The van der Waals surface area contributed by atoms with Crippen molar-refractivity contribution in [1.29, 1.82) is 0 Å². The molecule has 1 aliphatic heterocycles. The molecule has 0 spiro atoms. The largest absolute Gasteiger partial charge is 0.501 e. The maximum atomic E-state index is 13.1. The van der Waals surface area contributed by atoms with Gasteiger partial charge < -0.3 is 19.9 Å².